The Labute approximate surface area is 90.8 Å². The van der Waals surface area contributed by atoms with Crippen LogP contribution in [0.2, 0.25) is 0 Å². The van der Waals surface area contributed by atoms with Crippen LogP contribution in [0.4, 0.5) is 0 Å². The summed E-state index contributed by atoms with van der Waals surface area (Å²) in [6, 6.07) is 3.28. The van der Waals surface area contributed by atoms with Gasteiger partial charge in [-0.2, -0.15) is 0 Å². The van der Waals surface area contributed by atoms with Crippen molar-refractivity contribution in [3.8, 4) is 0 Å². The van der Waals surface area contributed by atoms with E-state index >= 15 is 0 Å². The van der Waals surface area contributed by atoms with Crippen LogP contribution >= 0.6 is 11.8 Å². The lowest BCUT2D eigenvalue weighted by Gasteiger charge is -1.96. The van der Waals surface area contributed by atoms with Crippen molar-refractivity contribution in [2.24, 2.45) is 0 Å². The van der Waals surface area contributed by atoms with Gasteiger partial charge in [0.1, 0.15) is 0 Å². The van der Waals surface area contributed by atoms with E-state index < -0.39 is 0 Å². The molecule has 0 saturated carbocycles. The van der Waals surface area contributed by atoms with Crippen molar-refractivity contribution < 1.29 is 9.59 Å². The molecular weight excluding hydrogens is 212 g/mol. The highest BCUT2D eigenvalue weighted by molar-refractivity contribution is 8.04. The molecule has 15 heavy (non-hydrogen) atoms. The van der Waals surface area contributed by atoms with Crippen LogP contribution in [0, 0.1) is 0 Å². The molecule has 1 aliphatic rings. The van der Waals surface area contributed by atoms with Crippen molar-refractivity contribution in [3.63, 3.8) is 0 Å². The van der Waals surface area contributed by atoms with Gasteiger partial charge in [0.15, 0.2) is 5.78 Å². The number of carbonyl (C=O) groups is 2. The van der Waals surface area contributed by atoms with Gasteiger partial charge < -0.3 is 5.32 Å². The maximum Gasteiger partial charge on any atom is 0.235 e. The molecule has 1 aromatic heterocycles. The molecule has 5 heteroatoms. The maximum absolute atomic E-state index is 11.6. The van der Waals surface area contributed by atoms with Crippen LogP contribution in [-0.2, 0) is 4.79 Å². The number of nitrogens with one attached hydrogen (secondary N) is 1. The molecular formula is C10H8N2O2S. The number of hydrogen-bond donors (Lipinski definition) is 1. The molecule has 0 radical (unpaired) electrons. The fourth-order valence-electron chi connectivity index (χ4n) is 1.15. The second-order valence-corrected chi connectivity index (χ2v) is 3.96. The lowest BCUT2D eigenvalue weighted by atomic mass is 10.2. The summed E-state index contributed by atoms with van der Waals surface area (Å²) in [4.78, 5) is 26.3. The van der Waals surface area contributed by atoms with Crippen LogP contribution in [0.3, 0.4) is 0 Å². The topological polar surface area (TPSA) is 59.1 Å². The SMILES string of the molecule is O=C1CSC(=CC(=O)c2ccncc2)N1. The summed E-state index contributed by atoms with van der Waals surface area (Å²) in [7, 11) is 0. The van der Waals surface area contributed by atoms with Gasteiger partial charge in [-0.15, -0.1) is 0 Å². The maximum atomic E-state index is 11.6. The lowest BCUT2D eigenvalue weighted by molar-refractivity contribution is -0.117. The number of carbonyl (C=O) groups excluding carboxylic acids is 2. The minimum Gasteiger partial charge on any atom is -0.320 e. The number of thioether (sulfide) groups is 1. The normalized spacial score (nSPS) is 17.9. The van der Waals surface area contributed by atoms with Gasteiger partial charge >= 0.3 is 0 Å². The third-order valence-electron chi connectivity index (χ3n) is 1.85. The Kier molecular flexibility index (Phi) is 2.82. The average molecular weight is 220 g/mol. The second-order valence-electron chi connectivity index (χ2n) is 2.95. The lowest BCUT2D eigenvalue weighted by Crippen LogP contribution is -2.14. The fourth-order valence-corrected chi connectivity index (χ4v) is 1.88. The molecule has 0 aliphatic carbocycles. The predicted molar refractivity (Wildman–Crippen MR) is 57.3 cm³/mol. The Morgan fingerprint density at radius 1 is 1.47 bits per heavy atom. The number of rotatable bonds is 2. The highest BCUT2D eigenvalue weighted by atomic mass is 32.2. The minimum absolute atomic E-state index is 0.0613. The summed E-state index contributed by atoms with van der Waals surface area (Å²) in [5.41, 5.74) is 0.569. The fraction of sp³-hybridized carbons (Fsp3) is 0.100. The van der Waals surface area contributed by atoms with Crippen molar-refractivity contribution in [2.75, 3.05) is 5.75 Å². The number of nitrogens with zero attached hydrogens (tertiary/aromatic N) is 1. The zero-order valence-corrected chi connectivity index (χ0v) is 8.58. The van der Waals surface area contributed by atoms with Gasteiger partial charge in [-0.1, -0.05) is 11.8 Å². The van der Waals surface area contributed by atoms with Gasteiger partial charge in [0.05, 0.1) is 10.8 Å². The Morgan fingerprint density at radius 2 is 2.20 bits per heavy atom. The number of ketones is 1. The summed E-state index contributed by atoms with van der Waals surface area (Å²) < 4.78 is 0. The van der Waals surface area contributed by atoms with Gasteiger partial charge in [-0.25, -0.2) is 0 Å². The monoisotopic (exact) mass is 220 g/mol. The van der Waals surface area contributed by atoms with Gasteiger partial charge in [0, 0.05) is 24.0 Å². The van der Waals surface area contributed by atoms with Crippen molar-refractivity contribution in [3.05, 3.63) is 41.2 Å². The molecule has 0 unspecified atom stereocenters. The molecule has 4 nitrogen and oxygen atoms in total. The number of hydrogen-bond acceptors (Lipinski definition) is 4. The average Bonchev–Trinajstić information content (AvgIpc) is 2.65. The molecule has 2 heterocycles. The number of amides is 1. The smallest absolute Gasteiger partial charge is 0.235 e. The Hall–Kier alpha value is -1.62. The van der Waals surface area contributed by atoms with Gasteiger partial charge in [-0.3, -0.25) is 14.6 Å². The van der Waals surface area contributed by atoms with E-state index in [9.17, 15) is 9.59 Å². The van der Waals surface area contributed by atoms with E-state index in [4.69, 9.17) is 0 Å². The summed E-state index contributed by atoms with van der Waals surface area (Å²) in [6.07, 6.45) is 4.56. The predicted octanol–water partition coefficient (Wildman–Crippen LogP) is 0.969. The summed E-state index contributed by atoms with van der Waals surface area (Å²) >= 11 is 1.34. The zero-order chi connectivity index (χ0) is 10.7. The van der Waals surface area contributed by atoms with Crippen LogP contribution < -0.4 is 5.32 Å². The second kappa shape index (κ2) is 4.27. The quantitative estimate of drug-likeness (QED) is 0.596. The molecule has 2 rings (SSSR count). The van der Waals surface area contributed by atoms with E-state index in [1.165, 1.54) is 17.8 Å². The van der Waals surface area contributed by atoms with Crippen molar-refractivity contribution in [1.29, 1.82) is 0 Å². The van der Waals surface area contributed by atoms with Gasteiger partial charge in [0.2, 0.25) is 5.91 Å². The number of allylic oxidation sites excluding steroid dienone is 1. The van der Waals surface area contributed by atoms with Gasteiger partial charge in [-0.05, 0) is 12.1 Å². The molecule has 1 N–H and O–H groups in total. The molecule has 0 bridgehead atoms. The Bertz CT molecular complexity index is 428. The number of pyridine rings is 1. The first-order chi connectivity index (χ1) is 7.25. The summed E-state index contributed by atoms with van der Waals surface area (Å²) in [5.74, 6) is 0.200. The van der Waals surface area contributed by atoms with Crippen molar-refractivity contribution >= 4 is 23.5 Å². The molecule has 1 aliphatic heterocycles. The first-order valence-electron chi connectivity index (χ1n) is 4.34. The molecule has 0 spiro atoms. The highest BCUT2D eigenvalue weighted by Gasteiger charge is 2.16. The van der Waals surface area contributed by atoms with E-state index in [1.54, 1.807) is 24.5 Å². The molecule has 76 valence electrons. The minimum atomic E-state index is -0.123. The molecule has 1 saturated heterocycles. The molecule has 1 fully saturated rings. The van der Waals surface area contributed by atoms with Crippen molar-refractivity contribution in [1.82, 2.24) is 10.3 Å². The third-order valence-corrected chi connectivity index (χ3v) is 2.79. The molecule has 0 atom stereocenters. The van der Waals surface area contributed by atoms with E-state index in [2.05, 4.69) is 10.3 Å². The standard InChI is InChI=1S/C10H8N2O2S/c13-8(7-1-3-11-4-2-7)5-10-12-9(14)6-15-10/h1-5H,6H2,(H,12,14). The van der Waals surface area contributed by atoms with E-state index in [0.717, 1.165) is 0 Å². The Morgan fingerprint density at radius 3 is 2.80 bits per heavy atom. The van der Waals surface area contributed by atoms with E-state index in [-0.39, 0.29) is 11.7 Å². The summed E-state index contributed by atoms with van der Waals surface area (Å²) in [6.45, 7) is 0. The van der Waals surface area contributed by atoms with E-state index in [0.29, 0.717) is 16.3 Å². The summed E-state index contributed by atoms with van der Waals surface area (Å²) in [5, 5.41) is 3.22. The van der Waals surface area contributed by atoms with E-state index in [1.807, 2.05) is 0 Å². The highest BCUT2D eigenvalue weighted by Crippen LogP contribution is 2.19. The van der Waals surface area contributed by atoms with Crippen LogP contribution in [0.1, 0.15) is 10.4 Å². The molecule has 1 amide bonds. The zero-order valence-electron chi connectivity index (χ0n) is 7.77. The first kappa shape index (κ1) is 9.92. The first-order valence-corrected chi connectivity index (χ1v) is 5.33. The van der Waals surface area contributed by atoms with Gasteiger partial charge in [0.25, 0.3) is 0 Å². The van der Waals surface area contributed by atoms with Crippen LogP contribution in [0.5, 0.6) is 0 Å². The third kappa shape index (κ3) is 2.44. The van der Waals surface area contributed by atoms with Crippen molar-refractivity contribution in [2.45, 2.75) is 0 Å². The van der Waals surface area contributed by atoms with Crippen LogP contribution in [0.15, 0.2) is 35.6 Å². The Balaban J connectivity index is 2.13. The largest absolute Gasteiger partial charge is 0.320 e. The number of aromatic nitrogens is 1. The molecule has 1 aromatic rings. The van der Waals surface area contributed by atoms with Crippen LogP contribution in [0.25, 0.3) is 0 Å². The molecule has 0 aromatic carbocycles. The van der Waals surface area contributed by atoms with Crippen LogP contribution in [-0.4, -0.2) is 22.4 Å².